The molecule has 30 heavy (non-hydrogen) atoms. The average Bonchev–Trinajstić information content (AvgIpc) is 3.36. The van der Waals surface area contributed by atoms with E-state index in [2.05, 4.69) is 40.7 Å². The molecule has 0 unspecified atom stereocenters. The number of nitrogen functional groups attached to an aromatic ring is 1. The second-order valence-corrected chi connectivity index (χ2v) is 6.42. The van der Waals surface area contributed by atoms with Crippen molar-refractivity contribution < 1.29 is 19.3 Å². The number of para-hydroxylation sites is 1. The number of anilines is 1. The third-order valence-electron chi connectivity index (χ3n) is 4.46. The Labute approximate surface area is 170 Å². The van der Waals surface area contributed by atoms with E-state index < -0.39 is 5.91 Å². The number of nitrogens with two attached hydrogens (primary N) is 1. The van der Waals surface area contributed by atoms with Crippen LogP contribution in [0.3, 0.4) is 0 Å². The van der Waals surface area contributed by atoms with Crippen LogP contribution < -0.4 is 11.2 Å². The highest BCUT2D eigenvalue weighted by Gasteiger charge is 2.26. The number of phenols is 1. The highest BCUT2D eigenvalue weighted by molar-refractivity contribution is 5.94. The third kappa shape index (κ3) is 4.11. The van der Waals surface area contributed by atoms with E-state index in [1.54, 1.807) is 18.2 Å². The Morgan fingerprint density at radius 2 is 2.10 bits per heavy atom. The first kappa shape index (κ1) is 19.5. The second kappa shape index (κ2) is 8.67. The summed E-state index contributed by atoms with van der Waals surface area (Å²) in [6.07, 6.45) is 1.33. The number of carbonyl (C=O) groups excluding carboxylic acids is 1. The minimum absolute atomic E-state index is 0.0210. The highest BCUT2D eigenvalue weighted by atomic mass is 16.6. The number of rotatable bonds is 6. The summed E-state index contributed by atoms with van der Waals surface area (Å²) in [5.41, 5.74) is 9.14. The molecule has 1 saturated heterocycles. The van der Waals surface area contributed by atoms with E-state index in [4.69, 9.17) is 10.5 Å². The predicted octanol–water partition coefficient (Wildman–Crippen LogP) is -0.466. The van der Waals surface area contributed by atoms with Gasteiger partial charge in [-0.1, -0.05) is 17.3 Å². The van der Waals surface area contributed by atoms with Gasteiger partial charge in [0.1, 0.15) is 5.75 Å². The standard InChI is InChI=1S/C17H19N9O4/c18-15-16(23-30-22-15)26-12(10-25-5-7-29-8-6-25)14(20-24-26)17(28)21-19-9-11-3-1-2-4-13(11)27/h1-4,9,27H,5-8,10H2,(H2,18,22)(H,21,28)/b19-9-. The van der Waals surface area contributed by atoms with E-state index in [9.17, 15) is 9.90 Å². The maximum absolute atomic E-state index is 12.7. The second-order valence-electron chi connectivity index (χ2n) is 6.42. The van der Waals surface area contributed by atoms with Crippen LogP contribution in [0.5, 0.6) is 5.75 Å². The first-order valence-electron chi connectivity index (χ1n) is 9.08. The van der Waals surface area contributed by atoms with Crippen molar-refractivity contribution in [1.29, 1.82) is 0 Å². The van der Waals surface area contributed by atoms with Crippen molar-refractivity contribution >= 4 is 17.9 Å². The number of morpholine rings is 1. The van der Waals surface area contributed by atoms with Crippen molar-refractivity contribution in [2.24, 2.45) is 5.10 Å². The molecule has 1 aliphatic rings. The van der Waals surface area contributed by atoms with Gasteiger partial charge in [0.05, 0.1) is 25.1 Å². The number of benzene rings is 1. The van der Waals surface area contributed by atoms with Crippen LogP contribution in [0.15, 0.2) is 34.0 Å². The van der Waals surface area contributed by atoms with Crippen LogP contribution in [0.2, 0.25) is 0 Å². The van der Waals surface area contributed by atoms with Gasteiger partial charge in [0.25, 0.3) is 5.91 Å². The van der Waals surface area contributed by atoms with Gasteiger partial charge in [-0.15, -0.1) is 5.10 Å². The molecular formula is C17H19N9O4. The Bertz CT molecular complexity index is 1060. The molecule has 13 heteroatoms. The Morgan fingerprint density at radius 3 is 2.83 bits per heavy atom. The van der Waals surface area contributed by atoms with E-state index in [0.29, 0.717) is 44.1 Å². The van der Waals surface area contributed by atoms with E-state index in [1.807, 2.05) is 0 Å². The lowest BCUT2D eigenvalue weighted by molar-refractivity contribution is 0.0332. The molecule has 0 aliphatic carbocycles. The fraction of sp³-hybridized carbons (Fsp3) is 0.294. The SMILES string of the molecule is Nc1nonc1-n1nnc(C(=O)N/N=C\c2ccccc2O)c1CN1CCOCC1. The molecule has 2 aromatic heterocycles. The molecule has 1 aliphatic heterocycles. The fourth-order valence-corrected chi connectivity index (χ4v) is 2.91. The number of hydrogen-bond donors (Lipinski definition) is 3. The number of amides is 1. The van der Waals surface area contributed by atoms with Gasteiger partial charge in [-0.25, -0.2) is 10.1 Å². The van der Waals surface area contributed by atoms with Gasteiger partial charge in [0.15, 0.2) is 5.69 Å². The Morgan fingerprint density at radius 1 is 1.30 bits per heavy atom. The number of hydrogen-bond acceptors (Lipinski definition) is 11. The van der Waals surface area contributed by atoms with E-state index in [0.717, 1.165) is 0 Å². The van der Waals surface area contributed by atoms with Crippen molar-refractivity contribution in [2.45, 2.75) is 6.54 Å². The van der Waals surface area contributed by atoms with Gasteiger partial charge in [-0.05, 0) is 22.4 Å². The van der Waals surface area contributed by atoms with Crippen LogP contribution in [-0.2, 0) is 11.3 Å². The first-order chi connectivity index (χ1) is 14.6. The summed E-state index contributed by atoms with van der Waals surface area (Å²) in [6.45, 7) is 2.90. The number of aromatic hydroxyl groups is 1. The van der Waals surface area contributed by atoms with E-state index in [-0.39, 0.29) is 23.1 Å². The third-order valence-corrected chi connectivity index (χ3v) is 4.46. The smallest absolute Gasteiger partial charge is 0.293 e. The quantitative estimate of drug-likeness (QED) is 0.355. The van der Waals surface area contributed by atoms with Crippen LogP contribution in [-0.4, -0.2) is 73.7 Å². The van der Waals surface area contributed by atoms with Gasteiger partial charge >= 0.3 is 0 Å². The molecule has 0 atom stereocenters. The number of phenolic OH excluding ortho intramolecular Hbond substituents is 1. The van der Waals surface area contributed by atoms with Crippen LogP contribution in [0, 0.1) is 0 Å². The molecule has 156 valence electrons. The summed E-state index contributed by atoms with van der Waals surface area (Å²) < 4.78 is 11.3. The molecule has 0 saturated carbocycles. The topological polar surface area (TPSA) is 170 Å². The molecule has 1 fully saturated rings. The van der Waals surface area contributed by atoms with Crippen molar-refractivity contribution in [3.8, 4) is 11.6 Å². The summed E-state index contributed by atoms with van der Waals surface area (Å²) in [7, 11) is 0. The summed E-state index contributed by atoms with van der Waals surface area (Å²) >= 11 is 0. The molecule has 13 nitrogen and oxygen atoms in total. The lowest BCUT2D eigenvalue weighted by Crippen LogP contribution is -2.37. The normalized spacial score (nSPS) is 14.9. The van der Waals surface area contributed by atoms with E-state index in [1.165, 1.54) is 17.0 Å². The van der Waals surface area contributed by atoms with Gasteiger partial charge < -0.3 is 15.6 Å². The Balaban J connectivity index is 1.58. The van der Waals surface area contributed by atoms with Gasteiger partial charge in [-0.3, -0.25) is 9.69 Å². The van der Waals surface area contributed by atoms with Gasteiger partial charge in [0.2, 0.25) is 11.6 Å². The summed E-state index contributed by atoms with van der Waals surface area (Å²) in [6, 6.07) is 6.61. The maximum atomic E-state index is 12.7. The van der Waals surface area contributed by atoms with Gasteiger partial charge in [0, 0.05) is 25.2 Å². The van der Waals surface area contributed by atoms with Crippen LogP contribution >= 0.6 is 0 Å². The lowest BCUT2D eigenvalue weighted by Gasteiger charge is -2.26. The molecule has 3 heterocycles. The molecule has 0 bridgehead atoms. The highest BCUT2D eigenvalue weighted by Crippen LogP contribution is 2.18. The fourth-order valence-electron chi connectivity index (χ4n) is 2.91. The molecular weight excluding hydrogens is 394 g/mol. The lowest BCUT2D eigenvalue weighted by atomic mass is 10.2. The summed E-state index contributed by atoms with van der Waals surface area (Å²) in [5, 5.41) is 28.9. The zero-order valence-electron chi connectivity index (χ0n) is 15.8. The molecule has 1 aromatic carbocycles. The Kier molecular flexibility index (Phi) is 5.63. The molecule has 3 aromatic rings. The van der Waals surface area contributed by atoms with Crippen molar-refractivity contribution in [1.82, 2.24) is 35.6 Å². The van der Waals surface area contributed by atoms with E-state index >= 15 is 0 Å². The number of aromatic nitrogens is 5. The summed E-state index contributed by atoms with van der Waals surface area (Å²) in [5.74, 6) is -0.371. The minimum atomic E-state index is -0.578. The van der Waals surface area contributed by atoms with Crippen molar-refractivity contribution in [3.63, 3.8) is 0 Å². The predicted molar refractivity (Wildman–Crippen MR) is 103 cm³/mol. The van der Waals surface area contributed by atoms with Crippen LogP contribution in [0.25, 0.3) is 5.82 Å². The van der Waals surface area contributed by atoms with Crippen molar-refractivity contribution in [2.75, 3.05) is 32.0 Å². The van der Waals surface area contributed by atoms with Crippen LogP contribution in [0.4, 0.5) is 5.82 Å². The zero-order chi connectivity index (χ0) is 20.9. The largest absolute Gasteiger partial charge is 0.507 e. The number of ether oxygens (including phenoxy) is 1. The number of nitrogens with zero attached hydrogens (tertiary/aromatic N) is 7. The molecule has 4 N–H and O–H groups in total. The minimum Gasteiger partial charge on any atom is -0.507 e. The number of nitrogens with one attached hydrogen (secondary N) is 1. The molecule has 0 spiro atoms. The summed E-state index contributed by atoms with van der Waals surface area (Å²) in [4.78, 5) is 14.8. The number of hydrazone groups is 1. The van der Waals surface area contributed by atoms with Crippen molar-refractivity contribution in [3.05, 3.63) is 41.2 Å². The van der Waals surface area contributed by atoms with Gasteiger partial charge in [-0.2, -0.15) is 9.78 Å². The first-order valence-corrected chi connectivity index (χ1v) is 9.08. The molecule has 1 amide bonds. The maximum Gasteiger partial charge on any atom is 0.293 e. The average molecular weight is 413 g/mol. The monoisotopic (exact) mass is 413 g/mol. The number of carbonyl (C=O) groups is 1. The van der Waals surface area contributed by atoms with Crippen LogP contribution in [0.1, 0.15) is 21.7 Å². The molecule has 0 radical (unpaired) electrons. The zero-order valence-corrected chi connectivity index (χ0v) is 15.8. The Hall–Kier alpha value is -3.84. The molecule has 4 rings (SSSR count).